The molecule has 24 heavy (non-hydrogen) atoms. The van der Waals surface area contributed by atoms with Crippen LogP contribution in [0.15, 0.2) is 42.5 Å². The van der Waals surface area contributed by atoms with Crippen molar-refractivity contribution in [1.29, 1.82) is 0 Å². The van der Waals surface area contributed by atoms with E-state index in [1.165, 1.54) is 6.07 Å². The molecular formula is C16H15Cl2N3O3. The highest BCUT2D eigenvalue weighted by Crippen LogP contribution is 2.25. The second-order valence-corrected chi connectivity index (χ2v) is 5.55. The second kappa shape index (κ2) is 8.42. The Labute approximate surface area is 149 Å². The zero-order valence-electron chi connectivity index (χ0n) is 12.7. The van der Waals surface area contributed by atoms with Crippen LogP contribution in [0.3, 0.4) is 0 Å². The van der Waals surface area contributed by atoms with E-state index in [4.69, 9.17) is 27.9 Å². The normalized spacial score (nSPS) is 9.96. The van der Waals surface area contributed by atoms with Crippen molar-refractivity contribution in [3.63, 3.8) is 0 Å². The zero-order valence-corrected chi connectivity index (χ0v) is 14.2. The number of anilines is 2. The van der Waals surface area contributed by atoms with E-state index < -0.39 is 11.9 Å². The number of carbonyl (C=O) groups excluding carboxylic acids is 2. The minimum atomic E-state index is -0.507. The molecule has 0 saturated carbocycles. The van der Waals surface area contributed by atoms with E-state index >= 15 is 0 Å². The molecule has 0 spiro atoms. The Balaban J connectivity index is 1.82. The smallest absolute Gasteiger partial charge is 0.319 e. The van der Waals surface area contributed by atoms with Gasteiger partial charge in [-0.2, -0.15) is 0 Å². The molecule has 0 unspecified atom stereocenters. The first-order chi connectivity index (χ1) is 11.5. The van der Waals surface area contributed by atoms with Gasteiger partial charge in [0.25, 0.3) is 0 Å². The first kappa shape index (κ1) is 17.9. The summed E-state index contributed by atoms with van der Waals surface area (Å²) in [4.78, 5) is 23.6. The molecule has 8 heteroatoms. The lowest BCUT2D eigenvalue weighted by molar-refractivity contribution is -0.115. The summed E-state index contributed by atoms with van der Waals surface area (Å²) in [6.45, 7) is -0.217. The third kappa shape index (κ3) is 5.33. The molecule has 2 aromatic rings. The van der Waals surface area contributed by atoms with Crippen molar-refractivity contribution < 1.29 is 14.3 Å². The number of halogens is 2. The predicted octanol–water partition coefficient (Wildman–Crippen LogP) is 3.76. The number of nitrogens with one attached hydrogen (secondary N) is 3. The van der Waals surface area contributed by atoms with E-state index in [1.807, 2.05) is 0 Å². The van der Waals surface area contributed by atoms with Crippen molar-refractivity contribution >= 4 is 46.5 Å². The molecule has 126 valence electrons. The molecule has 6 nitrogen and oxygen atoms in total. The second-order valence-electron chi connectivity index (χ2n) is 4.71. The van der Waals surface area contributed by atoms with Crippen LogP contribution in [0.1, 0.15) is 0 Å². The van der Waals surface area contributed by atoms with Gasteiger partial charge in [0.05, 0.1) is 24.4 Å². The average molecular weight is 368 g/mol. The topological polar surface area (TPSA) is 79.5 Å². The molecule has 2 rings (SSSR count). The molecule has 0 saturated heterocycles. The summed E-state index contributed by atoms with van der Waals surface area (Å²) < 4.78 is 5.03. The fourth-order valence-electron chi connectivity index (χ4n) is 1.80. The standard InChI is InChI=1S/C16H15Cl2N3O3/c1-24-12-5-3-11(4-6-12)20-16(23)19-9-15(22)21-14-8-10(17)2-7-13(14)18/h2-8H,9H2,1H3,(H,21,22)(H2,19,20,23). The highest BCUT2D eigenvalue weighted by molar-refractivity contribution is 6.35. The lowest BCUT2D eigenvalue weighted by Gasteiger charge is -2.10. The predicted molar refractivity (Wildman–Crippen MR) is 95.1 cm³/mol. The highest BCUT2D eigenvalue weighted by Gasteiger charge is 2.09. The maximum atomic E-state index is 11.8. The summed E-state index contributed by atoms with van der Waals surface area (Å²) in [5.41, 5.74) is 0.957. The van der Waals surface area contributed by atoms with Crippen molar-refractivity contribution in [1.82, 2.24) is 5.32 Å². The Morgan fingerprint density at radius 3 is 2.42 bits per heavy atom. The number of hydrogen-bond donors (Lipinski definition) is 3. The molecule has 0 heterocycles. The van der Waals surface area contributed by atoms with Gasteiger partial charge in [-0.25, -0.2) is 4.79 Å². The van der Waals surface area contributed by atoms with Gasteiger partial charge in [-0.15, -0.1) is 0 Å². The van der Waals surface area contributed by atoms with Gasteiger partial charge >= 0.3 is 6.03 Å². The number of carbonyl (C=O) groups is 2. The fraction of sp³-hybridized carbons (Fsp3) is 0.125. The molecule has 0 aliphatic carbocycles. The van der Waals surface area contributed by atoms with E-state index in [0.29, 0.717) is 27.2 Å². The van der Waals surface area contributed by atoms with Crippen LogP contribution in [0.2, 0.25) is 10.0 Å². The van der Waals surface area contributed by atoms with Crippen LogP contribution >= 0.6 is 23.2 Å². The third-order valence-electron chi connectivity index (χ3n) is 2.96. The lowest BCUT2D eigenvalue weighted by Crippen LogP contribution is -2.35. The minimum absolute atomic E-state index is 0.217. The van der Waals surface area contributed by atoms with Gasteiger partial charge in [-0.05, 0) is 42.5 Å². The number of methoxy groups -OCH3 is 1. The van der Waals surface area contributed by atoms with E-state index in [1.54, 1.807) is 43.5 Å². The van der Waals surface area contributed by atoms with Gasteiger partial charge in [-0.1, -0.05) is 23.2 Å². The minimum Gasteiger partial charge on any atom is -0.497 e. The molecule has 0 aromatic heterocycles. The van der Waals surface area contributed by atoms with Crippen LogP contribution in [0.5, 0.6) is 5.75 Å². The lowest BCUT2D eigenvalue weighted by atomic mass is 10.3. The Hall–Kier alpha value is -2.44. The Morgan fingerprint density at radius 1 is 1.04 bits per heavy atom. The number of ether oxygens (including phenoxy) is 1. The molecular weight excluding hydrogens is 353 g/mol. The molecule has 2 aromatic carbocycles. The van der Waals surface area contributed by atoms with Crippen LogP contribution in [0.4, 0.5) is 16.2 Å². The van der Waals surface area contributed by atoms with Gasteiger partial charge in [0.1, 0.15) is 5.75 Å². The first-order valence-electron chi connectivity index (χ1n) is 6.92. The van der Waals surface area contributed by atoms with Gasteiger partial charge in [0.15, 0.2) is 0 Å². The van der Waals surface area contributed by atoms with Gasteiger partial charge < -0.3 is 20.7 Å². The number of benzene rings is 2. The quantitative estimate of drug-likeness (QED) is 0.752. The molecule has 0 radical (unpaired) electrons. The highest BCUT2D eigenvalue weighted by atomic mass is 35.5. The van der Waals surface area contributed by atoms with Crippen molar-refractivity contribution in [3.05, 3.63) is 52.5 Å². The zero-order chi connectivity index (χ0) is 17.5. The van der Waals surface area contributed by atoms with E-state index in [2.05, 4.69) is 16.0 Å². The van der Waals surface area contributed by atoms with Crippen LogP contribution in [0.25, 0.3) is 0 Å². The maximum absolute atomic E-state index is 11.8. The Bertz CT molecular complexity index is 736. The number of urea groups is 1. The SMILES string of the molecule is COc1ccc(NC(=O)NCC(=O)Nc2cc(Cl)ccc2Cl)cc1. The largest absolute Gasteiger partial charge is 0.497 e. The molecule has 0 bridgehead atoms. The molecule has 0 aliphatic rings. The summed E-state index contributed by atoms with van der Waals surface area (Å²) in [7, 11) is 1.56. The summed E-state index contributed by atoms with van der Waals surface area (Å²) >= 11 is 11.8. The Kier molecular flexibility index (Phi) is 6.28. The van der Waals surface area contributed by atoms with Gasteiger partial charge in [0, 0.05) is 10.7 Å². The van der Waals surface area contributed by atoms with E-state index in [-0.39, 0.29) is 6.54 Å². The third-order valence-corrected chi connectivity index (χ3v) is 3.52. The van der Waals surface area contributed by atoms with E-state index in [9.17, 15) is 9.59 Å². The summed E-state index contributed by atoms with van der Waals surface area (Å²) in [6, 6.07) is 11.0. The van der Waals surface area contributed by atoms with Gasteiger partial charge in [0.2, 0.25) is 5.91 Å². The van der Waals surface area contributed by atoms with Crippen molar-refractivity contribution in [3.8, 4) is 5.75 Å². The molecule has 0 atom stereocenters. The fourth-order valence-corrected chi connectivity index (χ4v) is 2.13. The van der Waals surface area contributed by atoms with Crippen LogP contribution in [0, 0.1) is 0 Å². The molecule has 0 aliphatic heterocycles. The average Bonchev–Trinajstić information content (AvgIpc) is 2.57. The molecule has 3 amide bonds. The first-order valence-corrected chi connectivity index (χ1v) is 7.67. The van der Waals surface area contributed by atoms with Crippen LogP contribution < -0.4 is 20.7 Å². The summed E-state index contributed by atoms with van der Waals surface area (Å²) in [6.07, 6.45) is 0. The van der Waals surface area contributed by atoms with Gasteiger partial charge in [-0.3, -0.25) is 4.79 Å². The van der Waals surface area contributed by atoms with Crippen molar-refractivity contribution in [2.75, 3.05) is 24.3 Å². The Morgan fingerprint density at radius 2 is 1.75 bits per heavy atom. The van der Waals surface area contributed by atoms with Crippen molar-refractivity contribution in [2.24, 2.45) is 0 Å². The maximum Gasteiger partial charge on any atom is 0.319 e. The number of rotatable bonds is 5. The number of amides is 3. The summed E-state index contributed by atoms with van der Waals surface area (Å²) in [5.74, 6) is 0.253. The molecule has 0 fully saturated rings. The monoisotopic (exact) mass is 367 g/mol. The van der Waals surface area contributed by atoms with E-state index in [0.717, 1.165) is 0 Å². The number of hydrogen-bond acceptors (Lipinski definition) is 3. The molecule has 3 N–H and O–H groups in total. The van der Waals surface area contributed by atoms with Crippen molar-refractivity contribution in [2.45, 2.75) is 0 Å². The van der Waals surface area contributed by atoms with Crippen LogP contribution in [-0.4, -0.2) is 25.6 Å². The summed E-state index contributed by atoms with van der Waals surface area (Å²) in [5, 5.41) is 8.42. The van der Waals surface area contributed by atoms with Crippen LogP contribution in [-0.2, 0) is 4.79 Å².